The molecule has 1 N–H and O–H groups in total. The Hall–Kier alpha value is -3.75. The van der Waals surface area contributed by atoms with E-state index < -0.39 is 0 Å². The standard InChI is InChI=1S/C20H20N6O3/c1-13-23-20-22-11-15-16(26(20)24-13)8-10-25(19(15)28)12-18(27)21-9-7-14-5-3-4-6-17(14)29-2/h3-6,8,10-11H,7,9,12H2,1-2H3,(H,21,27). The highest BCUT2D eigenvalue weighted by Crippen LogP contribution is 2.17. The van der Waals surface area contributed by atoms with Gasteiger partial charge in [0.25, 0.3) is 11.3 Å². The molecule has 0 unspecified atom stereocenters. The summed E-state index contributed by atoms with van der Waals surface area (Å²) >= 11 is 0. The van der Waals surface area contributed by atoms with Crippen molar-refractivity contribution >= 4 is 22.6 Å². The number of amides is 1. The minimum absolute atomic E-state index is 0.0743. The molecule has 0 aliphatic carbocycles. The first kappa shape index (κ1) is 18.6. The van der Waals surface area contributed by atoms with Crippen molar-refractivity contribution in [1.82, 2.24) is 29.5 Å². The average molecular weight is 392 g/mol. The van der Waals surface area contributed by atoms with Crippen molar-refractivity contribution in [2.75, 3.05) is 13.7 Å². The number of hydrogen-bond donors (Lipinski definition) is 1. The van der Waals surface area contributed by atoms with Crippen molar-refractivity contribution in [3.63, 3.8) is 0 Å². The van der Waals surface area contributed by atoms with E-state index in [1.54, 1.807) is 26.3 Å². The summed E-state index contributed by atoms with van der Waals surface area (Å²) in [6.45, 7) is 2.13. The number of para-hydroxylation sites is 1. The number of carbonyl (C=O) groups excluding carboxylic acids is 1. The molecule has 0 bridgehead atoms. The van der Waals surface area contributed by atoms with Gasteiger partial charge in [0, 0.05) is 18.9 Å². The van der Waals surface area contributed by atoms with Crippen LogP contribution in [0.15, 0.2) is 47.5 Å². The SMILES string of the molecule is COc1ccccc1CCNC(=O)Cn1ccc2c(cnc3nc(C)nn32)c1=O. The Morgan fingerprint density at radius 3 is 2.90 bits per heavy atom. The van der Waals surface area contributed by atoms with E-state index in [0.717, 1.165) is 11.3 Å². The lowest BCUT2D eigenvalue weighted by atomic mass is 10.1. The third kappa shape index (κ3) is 3.66. The molecular formula is C20H20N6O3. The van der Waals surface area contributed by atoms with Crippen LogP contribution < -0.4 is 15.6 Å². The van der Waals surface area contributed by atoms with E-state index in [1.165, 1.54) is 15.3 Å². The molecule has 4 rings (SSSR count). The van der Waals surface area contributed by atoms with Crippen LogP contribution in [0.3, 0.4) is 0 Å². The Kier molecular flexibility index (Phi) is 4.94. The second-order valence-corrected chi connectivity index (χ2v) is 6.59. The Morgan fingerprint density at radius 2 is 2.07 bits per heavy atom. The number of nitrogens with one attached hydrogen (secondary N) is 1. The van der Waals surface area contributed by atoms with Gasteiger partial charge in [0.05, 0.1) is 18.0 Å². The molecule has 4 aromatic rings. The number of methoxy groups -OCH3 is 1. The van der Waals surface area contributed by atoms with Gasteiger partial charge < -0.3 is 14.6 Å². The van der Waals surface area contributed by atoms with Gasteiger partial charge in [0.1, 0.15) is 18.1 Å². The zero-order chi connectivity index (χ0) is 20.4. The van der Waals surface area contributed by atoms with Crippen molar-refractivity contribution in [2.45, 2.75) is 19.9 Å². The van der Waals surface area contributed by atoms with E-state index >= 15 is 0 Å². The van der Waals surface area contributed by atoms with Crippen molar-refractivity contribution in [3.05, 3.63) is 64.5 Å². The summed E-state index contributed by atoms with van der Waals surface area (Å²) in [5.41, 5.74) is 1.31. The van der Waals surface area contributed by atoms with Crippen LogP contribution in [0.4, 0.5) is 0 Å². The summed E-state index contributed by atoms with van der Waals surface area (Å²) in [4.78, 5) is 33.4. The Balaban J connectivity index is 1.47. The highest BCUT2D eigenvalue weighted by molar-refractivity contribution is 5.80. The summed E-state index contributed by atoms with van der Waals surface area (Å²) in [5.74, 6) is 1.55. The number of carbonyl (C=O) groups is 1. The Bertz CT molecular complexity index is 1260. The van der Waals surface area contributed by atoms with Gasteiger partial charge in [-0.15, -0.1) is 5.10 Å². The molecule has 0 atom stereocenters. The number of nitrogens with zero attached hydrogens (tertiary/aromatic N) is 5. The zero-order valence-electron chi connectivity index (χ0n) is 16.1. The van der Waals surface area contributed by atoms with E-state index in [4.69, 9.17) is 4.74 Å². The topological polar surface area (TPSA) is 103 Å². The first-order chi connectivity index (χ1) is 14.1. The van der Waals surface area contributed by atoms with Gasteiger partial charge in [-0.3, -0.25) is 9.59 Å². The number of ether oxygens (including phenoxy) is 1. The number of aromatic nitrogens is 5. The molecule has 3 heterocycles. The number of hydrogen-bond acceptors (Lipinski definition) is 6. The molecule has 0 saturated carbocycles. The fourth-order valence-electron chi connectivity index (χ4n) is 3.24. The van der Waals surface area contributed by atoms with E-state index in [0.29, 0.717) is 35.5 Å². The molecule has 9 nitrogen and oxygen atoms in total. The Labute approximate surface area is 166 Å². The lowest BCUT2D eigenvalue weighted by Crippen LogP contribution is -2.33. The quantitative estimate of drug-likeness (QED) is 0.527. The van der Waals surface area contributed by atoms with Crippen LogP contribution in [0.25, 0.3) is 16.7 Å². The summed E-state index contributed by atoms with van der Waals surface area (Å²) in [5, 5.41) is 7.48. The van der Waals surface area contributed by atoms with E-state index in [1.807, 2.05) is 24.3 Å². The number of rotatable bonds is 6. The summed E-state index contributed by atoms with van der Waals surface area (Å²) in [6, 6.07) is 9.40. The fraction of sp³-hybridized carbons (Fsp3) is 0.250. The van der Waals surface area contributed by atoms with Crippen LogP contribution in [0, 0.1) is 6.92 Å². The summed E-state index contributed by atoms with van der Waals surface area (Å²) in [7, 11) is 1.62. The van der Waals surface area contributed by atoms with Crippen LogP contribution in [-0.2, 0) is 17.8 Å². The van der Waals surface area contributed by atoms with E-state index in [9.17, 15) is 9.59 Å². The largest absolute Gasteiger partial charge is 0.496 e. The zero-order valence-corrected chi connectivity index (χ0v) is 16.1. The molecule has 0 radical (unpaired) electrons. The van der Waals surface area contributed by atoms with Crippen molar-refractivity contribution in [1.29, 1.82) is 0 Å². The van der Waals surface area contributed by atoms with Crippen molar-refractivity contribution in [2.24, 2.45) is 0 Å². The van der Waals surface area contributed by atoms with Gasteiger partial charge in [-0.1, -0.05) is 18.2 Å². The highest BCUT2D eigenvalue weighted by Gasteiger charge is 2.12. The normalized spacial score (nSPS) is 11.1. The maximum absolute atomic E-state index is 12.8. The van der Waals surface area contributed by atoms with Crippen molar-refractivity contribution < 1.29 is 9.53 Å². The maximum atomic E-state index is 12.8. The summed E-state index contributed by atoms with van der Waals surface area (Å²) < 4.78 is 8.20. The second kappa shape index (κ2) is 7.70. The first-order valence-corrected chi connectivity index (χ1v) is 9.17. The van der Waals surface area contributed by atoms with Crippen LogP contribution in [0.2, 0.25) is 0 Å². The fourth-order valence-corrected chi connectivity index (χ4v) is 3.24. The predicted molar refractivity (Wildman–Crippen MR) is 107 cm³/mol. The molecule has 148 valence electrons. The van der Waals surface area contributed by atoms with Gasteiger partial charge >= 0.3 is 0 Å². The monoisotopic (exact) mass is 392 g/mol. The molecule has 1 amide bonds. The van der Waals surface area contributed by atoms with Crippen LogP contribution in [0.1, 0.15) is 11.4 Å². The molecule has 0 saturated heterocycles. The van der Waals surface area contributed by atoms with E-state index in [2.05, 4.69) is 20.4 Å². The van der Waals surface area contributed by atoms with Gasteiger partial charge in [-0.25, -0.2) is 4.98 Å². The molecule has 0 spiro atoms. The lowest BCUT2D eigenvalue weighted by Gasteiger charge is -2.10. The van der Waals surface area contributed by atoms with Crippen LogP contribution in [-0.4, -0.2) is 43.7 Å². The van der Waals surface area contributed by atoms with Crippen LogP contribution in [0.5, 0.6) is 5.75 Å². The van der Waals surface area contributed by atoms with E-state index in [-0.39, 0.29) is 18.0 Å². The molecule has 0 fully saturated rings. The molecule has 1 aromatic carbocycles. The maximum Gasteiger partial charge on any atom is 0.262 e. The van der Waals surface area contributed by atoms with Gasteiger partial charge in [-0.2, -0.15) is 9.50 Å². The molecule has 9 heteroatoms. The second-order valence-electron chi connectivity index (χ2n) is 6.59. The number of pyridine rings is 1. The van der Waals surface area contributed by atoms with Gasteiger partial charge in [-0.05, 0) is 31.0 Å². The number of fused-ring (bicyclic) bond motifs is 3. The highest BCUT2D eigenvalue weighted by atomic mass is 16.5. The number of benzene rings is 1. The molecule has 3 aromatic heterocycles. The van der Waals surface area contributed by atoms with Crippen LogP contribution >= 0.6 is 0 Å². The average Bonchev–Trinajstić information content (AvgIpc) is 3.11. The Morgan fingerprint density at radius 1 is 1.24 bits per heavy atom. The lowest BCUT2D eigenvalue weighted by molar-refractivity contribution is -0.121. The van der Waals surface area contributed by atoms with Gasteiger partial charge in [0.2, 0.25) is 5.91 Å². The minimum atomic E-state index is -0.301. The first-order valence-electron chi connectivity index (χ1n) is 9.17. The number of aryl methyl sites for hydroxylation is 1. The van der Waals surface area contributed by atoms with Crippen molar-refractivity contribution in [3.8, 4) is 5.75 Å². The predicted octanol–water partition coefficient (Wildman–Crippen LogP) is 1.12. The molecule has 29 heavy (non-hydrogen) atoms. The molecular weight excluding hydrogens is 372 g/mol. The van der Waals surface area contributed by atoms with Gasteiger partial charge in [0.15, 0.2) is 0 Å². The minimum Gasteiger partial charge on any atom is -0.496 e. The summed E-state index contributed by atoms with van der Waals surface area (Å²) in [6.07, 6.45) is 3.69. The third-order valence-corrected chi connectivity index (χ3v) is 4.64. The smallest absolute Gasteiger partial charge is 0.262 e. The molecule has 0 aliphatic heterocycles. The molecule has 0 aliphatic rings. The third-order valence-electron chi connectivity index (χ3n) is 4.64.